The zero-order valence-electron chi connectivity index (χ0n) is 8.34. The molecule has 0 N–H and O–H groups in total. The normalized spacial score (nSPS) is 17.4. The van der Waals surface area contributed by atoms with Crippen LogP contribution in [0.15, 0.2) is 0 Å². The molecule has 13 heavy (non-hydrogen) atoms. The molecular formula is C8H14INO2Zn. The Hall–Kier alpha value is 0.623. The molecule has 1 aliphatic heterocycles. The van der Waals surface area contributed by atoms with Gasteiger partial charge in [0.15, 0.2) is 0 Å². The van der Waals surface area contributed by atoms with E-state index in [1.807, 2.05) is 20.8 Å². The first kappa shape index (κ1) is 13.6. The number of ether oxygens (including phenoxy) is 1. The van der Waals surface area contributed by atoms with Crippen LogP contribution in [0.3, 0.4) is 0 Å². The van der Waals surface area contributed by atoms with Gasteiger partial charge in [0, 0.05) is 36.5 Å². The van der Waals surface area contributed by atoms with Crippen molar-refractivity contribution >= 4 is 28.7 Å². The molecule has 1 amide bonds. The summed E-state index contributed by atoms with van der Waals surface area (Å²) in [7, 11) is 0. The summed E-state index contributed by atoms with van der Waals surface area (Å²) >= 11 is 2.33. The van der Waals surface area contributed by atoms with Gasteiger partial charge in [-0.05, 0) is 20.8 Å². The second-order valence-corrected chi connectivity index (χ2v) is 5.74. The monoisotopic (exact) mass is 347 g/mol. The molecule has 0 unspecified atom stereocenters. The average molecular weight is 348 g/mol. The Morgan fingerprint density at radius 1 is 1.46 bits per heavy atom. The molecule has 1 fully saturated rings. The van der Waals surface area contributed by atoms with Gasteiger partial charge in [0.2, 0.25) is 0 Å². The minimum absolute atomic E-state index is 0. The van der Waals surface area contributed by atoms with E-state index in [2.05, 4.69) is 22.6 Å². The Morgan fingerprint density at radius 2 is 1.92 bits per heavy atom. The topological polar surface area (TPSA) is 29.5 Å². The van der Waals surface area contributed by atoms with Crippen LogP contribution in [-0.4, -0.2) is 33.6 Å². The van der Waals surface area contributed by atoms with Gasteiger partial charge in [-0.3, -0.25) is 0 Å². The van der Waals surface area contributed by atoms with Gasteiger partial charge in [0.1, 0.15) is 5.60 Å². The van der Waals surface area contributed by atoms with Crippen molar-refractivity contribution in [3.05, 3.63) is 0 Å². The summed E-state index contributed by atoms with van der Waals surface area (Å²) in [5, 5.41) is 0. The predicted octanol–water partition coefficient (Wildman–Crippen LogP) is 2.04. The Labute approximate surface area is 105 Å². The van der Waals surface area contributed by atoms with Crippen LogP contribution in [0.4, 0.5) is 4.79 Å². The van der Waals surface area contributed by atoms with Crippen LogP contribution in [0, 0.1) is 0 Å². The summed E-state index contributed by atoms with van der Waals surface area (Å²) in [4.78, 5) is 13.0. The largest absolute Gasteiger partial charge is 0.444 e. The summed E-state index contributed by atoms with van der Waals surface area (Å²) in [6.45, 7) is 7.30. The van der Waals surface area contributed by atoms with Crippen molar-refractivity contribution in [2.45, 2.75) is 30.3 Å². The second-order valence-electron chi connectivity index (χ2n) is 3.98. The van der Waals surface area contributed by atoms with Crippen molar-refractivity contribution in [3.8, 4) is 0 Å². The first-order valence-corrected chi connectivity index (χ1v) is 5.25. The van der Waals surface area contributed by atoms with E-state index in [1.165, 1.54) is 0 Å². The molecule has 3 nitrogen and oxygen atoms in total. The van der Waals surface area contributed by atoms with Crippen molar-refractivity contribution in [3.63, 3.8) is 0 Å². The number of rotatable bonds is 0. The maximum Gasteiger partial charge on any atom is 0.410 e. The van der Waals surface area contributed by atoms with Crippen LogP contribution in [0.5, 0.6) is 0 Å². The van der Waals surface area contributed by atoms with E-state index < -0.39 is 0 Å². The molecule has 0 aromatic carbocycles. The molecular weight excluding hydrogens is 334 g/mol. The number of alkyl halides is 1. The molecule has 0 saturated carbocycles. The van der Waals surface area contributed by atoms with Crippen molar-refractivity contribution in [2.24, 2.45) is 0 Å². The predicted molar refractivity (Wildman–Crippen MR) is 55.6 cm³/mol. The first-order valence-electron chi connectivity index (χ1n) is 4.00. The Kier molecular flexibility index (Phi) is 5.15. The van der Waals surface area contributed by atoms with Crippen molar-refractivity contribution in [1.29, 1.82) is 0 Å². The zero-order valence-corrected chi connectivity index (χ0v) is 13.5. The van der Waals surface area contributed by atoms with Gasteiger partial charge in [-0.15, -0.1) is 0 Å². The van der Waals surface area contributed by atoms with Gasteiger partial charge >= 0.3 is 6.09 Å². The number of hydrogen-bond acceptors (Lipinski definition) is 2. The molecule has 0 radical (unpaired) electrons. The van der Waals surface area contributed by atoms with Crippen LogP contribution >= 0.6 is 22.6 Å². The smallest absolute Gasteiger partial charge is 0.410 e. The molecule has 5 heteroatoms. The molecule has 1 aliphatic rings. The van der Waals surface area contributed by atoms with E-state index in [9.17, 15) is 4.79 Å². The van der Waals surface area contributed by atoms with Crippen LogP contribution in [0.2, 0.25) is 0 Å². The molecule has 72 valence electrons. The molecule has 0 bridgehead atoms. The minimum Gasteiger partial charge on any atom is -0.444 e. The van der Waals surface area contributed by atoms with Crippen molar-refractivity contribution < 1.29 is 29.0 Å². The van der Waals surface area contributed by atoms with Gasteiger partial charge in [-0.25, -0.2) is 4.79 Å². The molecule has 0 spiro atoms. The Morgan fingerprint density at radius 3 is 2.23 bits per heavy atom. The molecule has 1 rings (SSSR count). The van der Waals surface area contributed by atoms with Gasteiger partial charge < -0.3 is 9.64 Å². The van der Waals surface area contributed by atoms with Crippen LogP contribution in [0.1, 0.15) is 20.8 Å². The zero-order chi connectivity index (χ0) is 9.35. The molecule has 0 atom stereocenters. The third-order valence-electron chi connectivity index (χ3n) is 1.49. The van der Waals surface area contributed by atoms with Crippen LogP contribution in [-0.2, 0) is 24.2 Å². The van der Waals surface area contributed by atoms with Gasteiger partial charge in [0.05, 0.1) is 0 Å². The molecule has 0 aromatic rings. The number of likely N-dealkylation sites (tertiary alicyclic amines) is 1. The Bertz CT molecular complexity index is 187. The van der Waals surface area contributed by atoms with Gasteiger partial charge in [-0.1, -0.05) is 22.6 Å². The number of hydrogen-bond donors (Lipinski definition) is 0. The van der Waals surface area contributed by atoms with E-state index in [0.717, 1.165) is 13.1 Å². The molecule has 0 aliphatic carbocycles. The number of amides is 1. The first-order chi connectivity index (χ1) is 5.38. The quantitative estimate of drug-likeness (QED) is 0.381. The van der Waals surface area contributed by atoms with E-state index in [-0.39, 0.29) is 31.2 Å². The fourth-order valence-electron chi connectivity index (χ4n) is 0.900. The maximum atomic E-state index is 11.3. The van der Waals surface area contributed by atoms with Gasteiger partial charge in [0.25, 0.3) is 0 Å². The van der Waals surface area contributed by atoms with Gasteiger partial charge in [-0.2, -0.15) is 0 Å². The molecule has 0 aromatic heterocycles. The number of carbonyl (C=O) groups excluding carboxylic acids is 1. The summed E-state index contributed by atoms with van der Waals surface area (Å²) < 4.78 is 5.78. The molecule has 1 saturated heterocycles. The van der Waals surface area contributed by atoms with Crippen LogP contribution in [0.25, 0.3) is 0 Å². The molecule has 1 heterocycles. The minimum atomic E-state index is -0.368. The SMILES string of the molecule is CC(C)(C)OC(=O)N1CC(I)C1.[Zn]. The average Bonchev–Trinajstić information content (AvgIpc) is 1.76. The standard InChI is InChI=1S/C8H14INO2.Zn/c1-8(2,3)12-7(11)10-4-6(9)5-10;/h6H,4-5H2,1-3H3;. The maximum absolute atomic E-state index is 11.3. The fraction of sp³-hybridized carbons (Fsp3) is 0.875. The fourth-order valence-corrected chi connectivity index (χ4v) is 1.85. The second kappa shape index (κ2) is 4.92. The van der Waals surface area contributed by atoms with E-state index in [1.54, 1.807) is 4.90 Å². The summed E-state index contributed by atoms with van der Waals surface area (Å²) in [5.74, 6) is 0. The third-order valence-corrected chi connectivity index (χ3v) is 2.28. The summed E-state index contributed by atoms with van der Waals surface area (Å²) in [6.07, 6.45) is -0.185. The van der Waals surface area contributed by atoms with E-state index in [4.69, 9.17) is 4.74 Å². The van der Waals surface area contributed by atoms with Crippen molar-refractivity contribution in [2.75, 3.05) is 13.1 Å². The van der Waals surface area contributed by atoms with E-state index >= 15 is 0 Å². The Balaban J connectivity index is 0.00000144. The van der Waals surface area contributed by atoms with E-state index in [0.29, 0.717) is 3.92 Å². The summed E-state index contributed by atoms with van der Waals surface area (Å²) in [5.41, 5.74) is -0.368. The number of nitrogens with zero attached hydrogens (tertiary/aromatic N) is 1. The number of carbonyl (C=O) groups is 1. The van der Waals surface area contributed by atoms with Crippen LogP contribution < -0.4 is 0 Å². The third kappa shape index (κ3) is 4.59. The number of halogens is 1. The summed E-state index contributed by atoms with van der Waals surface area (Å²) in [6, 6.07) is 0. The van der Waals surface area contributed by atoms with Crippen molar-refractivity contribution in [1.82, 2.24) is 4.90 Å².